The molecule has 0 unspecified atom stereocenters. The van der Waals surface area contributed by atoms with Crippen LogP contribution in [0.4, 0.5) is 22.0 Å². The normalized spacial score (nSPS) is 28.2. The fourth-order valence-corrected chi connectivity index (χ4v) is 0.791. The molecule has 58 valence electrons. The minimum atomic E-state index is -4.65. The van der Waals surface area contributed by atoms with Crippen molar-refractivity contribution in [2.45, 2.75) is 11.8 Å². The second-order valence-electron chi connectivity index (χ2n) is 1.81. The van der Waals surface area contributed by atoms with Crippen LogP contribution in [0.1, 0.15) is 0 Å². The summed E-state index contributed by atoms with van der Waals surface area (Å²) in [5.74, 6) is -11.2. The van der Waals surface area contributed by atoms with Crippen molar-refractivity contribution in [2.75, 3.05) is 0 Å². The first-order chi connectivity index (χ1) is 4.32. The first kappa shape index (κ1) is 7.84. The average Bonchev–Trinajstić information content (AvgIpc) is 1.84. The Balaban J connectivity index is 3.10. The molecule has 0 aromatic carbocycles. The van der Waals surface area contributed by atoms with E-state index in [1.54, 1.807) is 0 Å². The van der Waals surface area contributed by atoms with Gasteiger partial charge in [-0.1, -0.05) is 0 Å². The quantitative estimate of drug-likeness (QED) is 0.425. The molecule has 1 aliphatic rings. The molecule has 0 spiro atoms. The maximum absolute atomic E-state index is 11.8. The molecule has 6 heteroatoms. The van der Waals surface area contributed by atoms with Gasteiger partial charge in [-0.05, 0) is 0 Å². The van der Waals surface area contributed by atoms with Gasteiger partial charge in [0.1, 0.15) is 0 Å². The largest absolute Gasteiger partial charge is 0.366 e. The van der Waals surface area contributed by atoms with Crippen molar-refractivity contribution in [3.8, 4) is 0 Å². The molecule has 0 nitrogen and oxygen atoms in total. The summed E-state index contributed by atoms with van der Waals surface area (Å²) < 4.78 is 58.9. The highest BCUT2D eigenvalue weighted by molar-refractivity contribution is 7.84. The van der Waals surface area contributed by atoms with Gasteiger partial charge in [0.15, 0.2) is 5.83 Å². The molecule has 10 heavy (non-hydrogen) atoms. The Morgan fingerprint density at radius 2 is 1.40 bits per heavy atom. The lowest BCUT2D eigenvalue weighted by molar-refractivity contribution is -0.196. The Morgan fingerprint density at radius 3 is 1.50 bits per heavy atom. The lowest BCUT2D eigenvalue weighted by Gasteiger charge is -2.34. The summed E-state index contributed by atoms with van der Waals surface area (Å²) in [6, 6.07) is 0. The zero-order valence-electron chi connectivity index (χ0n) is 4.34. The van der Waals surface area contributed by atoms with Crippen LogP contribution in [0.15, 0.2) is 10.7 Å². The number of hydrogen-bond acceptors (Lipinski definition) is 1. The molecule has 0 N–H and O–H groups in total. The Labute approximate surface area is 58.1 Å². The van der Waals surface area contributed by atoms with Gasteiger partial charge >= 0.3 is 11.8 Å². The molecule has 0 aromatic rings. The lowest BCUT2D eigenvalue weighted by Crippen LogP contribution is -2.50. The monoisotopic (exact) mass is 176 g/mol. The van der Waals surface area contributed by atoms with Crippen molar-refractivity contribution in [2.24, 2.45) is 0 Å². The van der Waals surface area contributed by atoms with Crippen LogP contribution in [-0.4, -0.2) is 11.8 Å². The van der Waals surface area contributed by atoms with Gasteiger partial charge in [0.25, 0.3) is 0 Å². The molecule has 1 rings (SSSR count). The number of allylic oxidation sites excluding steroid dienone is 2. The van der Waals surface area contributed by atoms with Crippen molar-refractivity contribution in [1.29, 1.82) is 0 Å². The first-order valence-electron chi connectivity index (χ1n) is 2.17. The standard InChI is InChI=1S/C4HF5S/c5-1-2(10)4(8,9)3(1,6)7/h10H. The van der Waals surface area contributed by atoms with Gasteiger partial charge in [0.2, 0.25) is 0 Å². The number of thiol groups is 1. The fraction of sp³-hybridized carbons (Fsp3) is 0.500. The van der Waals surface area contributed by atoms with Gasteiger partial charge in [0, 0.05) is 0 Å². The minimum Gasteiger partial charge on any atom is -0.204 e. The van der Waals surface area contributed by atoms with E-state index in [0.717, 1.165) is 0 Å². The number of rotatable bonds is 0. The van der Waals surface area contributed by atoms with E-state index >= 15 is 0 Å². The van der Waals surface area contributed by atoms with E-state index in [9.17, 15) is 22.0 Å². The lowest BCUT2D eigenvalue weighted by atomic mass is 9.98. The predicted octanol–water partition coefficient (Wildman–Crippen LogP) is 2.38. The highest BCUT2D eigenvalue weighted by atomic mass is 32.1. The molecule has 0 saturated heterocycles. The number of halogens is 5. The molecule has 0 radical (unpaired) electrons. The molecular formula is C4HF5S. The van der Waals surface area contributed by atoms with Crippen LogP contribution in [-0.2, 0) is 0 Å². The van der Waals surface area contributed by atoms with E-state index in [2.05, 4.69) is 12.6 Å². The van der Waals surface area contributed by atoms with E-state index in [-0.39, 0.29) is 0 Å². The second-order valence-corrected chi connectivity index (χ2v) is 2.26. The second kappa shape index (κ2) is 1.66. The fourth-order valence-electron chi connectivity index (χ4n) is 0.511. The van der Waals surface area contributed by atoms with Gasteiger partial charge in [-0.2, -0.15) is 17.6 Å². The zero-order valence-corrected chi connectivity index (χ0v) is 5.23. The van der Waals surface area contributed by atoms with Crippen LogP contribution >= 0.6 is 12.6 Å². The van der Waals surface area contributed by atoms with Crippen LogP contribution in [0.5, 0.6) is 0 Å². The summed E-state index contributed by atoms with van der Waals surface area (Å²) in [4.78, 5) is -1.47. The molecule has 0 amide bonds. The van der Waals surface area contributed by atoms with Crippen LogP contribution in [0.25, 0.3) is 0 Å². The Hall–Kier alpha value is -0.260. The van der Waals surface area contributed by atoms with Crippen LogP contribution < -0.4 is 0 Å². The zero-order chi connectivity index (χ0) is 8.15. The maximum Gasteiger partial charge on any atom is 0.366 e. The van der Waals surface area contributed by atoms with Gasteiger partial charge < -0.3 is 0 Å². The molecular weight excluding hydrogens is 175 g/mol. The first-order valence-corrected chi connectivity index (χ1v) is 2.62. The van der Waals surface area contributed by atoms with E-state index in [4.69, 9.17) is 0 Å². The van der Waals surface area contributed by atoms with Crippen molar-refractivity contribution in [3.63, 3.8) is 0 Å². The molecule has 0 saturated carbocycles. The van der Waals surface area contributed by atoms with E-state index in [1.165, 1.54) is 0 Å². The molecule has 0 atom stereocenters. The van der Waals surface area contributed by atoms with E-state index < -0.39 is 22.6 Å². The van der Waals surface area contributed by atoms with Gasteiger partial charge in [-0.25, -0.2) is 4.39 Å². The average molecular weight is 176 g/mol. The molecule has 0 heterocycles. The topological polar surface area (TPSA) is 0 Å². The third-order valence-electron chi connectivity index (χ3n) is 1.18. The van der Waals surface area contributed by atoms with E-state index in [0.29, 0.717) is 0 Å². The summed E-state index contributed by atoms with van der Waals surface area (Å²) in [5, 5.41) is 0. The van der Waals surface area contributed by atoms with Gasteiger partial charge in [-0.15, -0.1) is 12.6 Å². The van der Waals surface area contributed by atoms with Crippen molar-refractivity contribution < 1.29 is 22.0 Å². The van der Waals surface area contributed by atoms with Crippen molar-refractivity contribution >= 4 is 12.6 Å². The van der Waals surface area contributed by atoms with Crippen molar-refractivity contribution in [3.05, 3.63) is 10.7 Å². The van der Waals surface area contributed by atoms with Gasteiger partial charge in [0.05, 0.1) is 4.91 Å². The molecule has 0 aliphatic heterocycles. The molecule has 0 bridgehead atoms. The number of alkyl halides is 4. The van der Waals surface area contributed by atoms with Crippen LogP contribution in [0.3, 0.4) is 0 Å². The third kappa shape index (κ3) is 0.574. The minimum absolute atomic E-state index is 1.47. The van der Waals surface area contributed by atoms with E-state index in [1.807, 2.05) is 0 Å². The summed E-state index contributed by atoms with van der Waals surface area (Å²) in [6.07, 6.45) is 0. The molecule has 1 aliphatic carbocycles. The Kier molecular flexibility index (Phi) is 1.30. The summed E-state index contributed by atoms with van der Waals surface area (Å²) >= 11 is 2.85. The molecule has 0 fully saturated rings. The summed E-state index contributed by atoms with van der Waals surface area (Å²) in [6.45, 7) is 0. The third-order valence-corrected chi connectivity index (χ3v) is 1.65. The van der Waals surface area contributed by atoms with Gasteiger partial charge in [-0.3, -0.25) is 0 Å². The molecule has 0 aromatic heterocycles. The Morgan fingerprint density at radius 1 is 1.00 bits per heavy atom. The number of hydrogen-bond donors (Lipinski definition) is 1. The SMILES string of the molecule is FC1=C(S)C(F)(F)C1(F)F. The summed E-state index contributed by atoms with van der Waals surface area (Å²) in [5.41, 5.74) is 0. The highest BCUT2D eigenvalue weighted by Gasteiger charge is 2.71. The smallest absolute Gasteiger partial charge is 0.204 e. The van der Waals surface area contributed by atoms with Crippen LogP contribution in [0, 0.1) is 0 Å². The predicted molar refractivity (Wildman–Crippen MR) is 27.0 cm³/mol. The Bertz CT molecular complexity index is 184. The maximum atomic E-state index is 11.8. The highest BCUT2D eigenvalue weighted by Crippen LogP contribution is 2.57. The summed E-state index contributed by atoms with van der Waals surface area (Å²) in [7, 11) is 0. The van der Waals surface area contributed by atoms with Crippen molar-refractivity contribution in [1.82, 2.24) is 0 Å². The van der Waals surface area contributed by atoms with Crippen LogP contribution in [0.2, 0.25) is 0 Å².